The highest BCUT2D eigenvalue weighted by Crippen LogP contribution is 2.19. The molecule has 0 saturated carbocycles. The molecule has 0 aliphatic carbocycles. The second-order valence-corrected chi connectivity index (χ2v) is 7.17. The monoisotopic (exact) mass is 371 g/mol. The summed E-state index contributed by atoms with van der Waals surface area (Å²) in [6.07, 6.45) is 0. The summed E-state index contributed by atoms with van der Waals surface area (Å²) in [5.41, 5.74) is 1.27. The lowest BCUT2D eigenvalue weighted by Gasteiger charge is -2.14. The molecule has 2 atom stereocenters. The van der Waals surface area contributed by atoms with Crippen LogP contribution in [0.2, 0.25) is 5.02 Å². The number of carbonyl (C=O) groups is 1. The van der Waals surface area contributed by atoms with E-state index in [0.717, 1.165) is 11.6 Å². The lowest BCUT2D eigenvalue weighted by Crippen LogP contribution is -2.31. The summed E-state index contributed by atoms with van der Waals surface area (Å²) in [6, 6.07) is 9.28. The molecule has 0 saturated heterocycles. The standard InChI is InChI=1S/C17H16ClF2NO2S/c1-11(12-2-5-14(19)6-3-12)21-17(22)10-24(23)9-13-4-7-15(20)8-16(13)18/h2-8,11H,9-10H2,1H3,(H,21,22). The molecular formula is C17H16ClF2NO2S. The van der Waals surface area contributed by atoms with Gasteiger partial charge in [0, 0.05) is 15.8 Å². The van der Waals surface area contributed by atoms with Crippen molar-refractivity contribution in [2.45, 2.75) is 18.7 Å². The van der Waals surface area contributed by atoms with Gasteiger partial charge in [-0.1, -0.05) is 29.8 Å². The number of hydrogen-bond donors (Lipinski definition) is 1. The third-order valence-electron chi connectivity index (χ3n) is 3.37. The van der Waals surface area contributed by atoms with Gasteiger partial charge in [-0.05, 0) is 42.3 Å². The Labute approximate surface area is 146 Å². The van der Waals surface area contributed by atoms with Crippen LogP contribution in [0.25, 0.3) is 0 Å². The summed E-state index contributed by atoms with van der Waals surface area (Å²) < 4.78 is 37.9. The Morgan fingerprint density at radius 3 is 2.42 bits per heavy atom. The van der Waals surface area contributed by atoms with Crippen molar-refractivity contribution in [3.8, 4) is 0 Å². The zero-order valence-corrected chi connectivity index (χ0v) is 14.5. The maximum Gasteiger partial charge on any atom is 0.233 e. The number of hydrogen-bond acceptors (Lipinski definition) is 2. The summed E-state index contributed by atoms with van der Waals surface area (Å²) in [5.74, 6) is -1.34. The number of benzene rings is 2. The second kappa shape index (κ2) is 8.35. The van der Waals surface area contributed by atoms with Gasteiger partial charge in [0.25, 0.3) is 0 Å². The molecule has 24 heavy (non-hydrogen) atoms. The number of halogens is 3. The Bertz CT molecular complexity index is 753. The van der Waals surface area contributed by atoms with Crippen molar-refractivity contribution in [2.24, 2.45) is 0 Å². The highest BCUT2D eigenvalue weighted by Gasteiger charge is 2.14. The fourth-order valence-electron chi connectivity index (χ4n) is 2.13. The molecule has 2 unspecified atom stereocenters. The van der Waals surface area contributed by atoms with Gasteiger partial charge in [0.1, 0.15) is 17.4 Å². The SMILES string of the molecule is CC(NC(=O)CS(=O)Cc1ccc(F)cc1Cl)c1ccc(F)cc1. The number of carbonyl (C=O) groups excluding carboxylic acids is 1. The molecule has 1 amide bonds. The first kappa shape index (κ1) is 18.5. The Balaban J connectivity index is 1.89. The number of amides is 1. The van der Waals surface area contributed by atoms with E-state index in [-0.39, 0.29) is 34.3 Å². The summed E-state index contributed by atoms with van der Waals surface area (Å²) in [5, 5.41) is 2.89. The minimum absolute atomic E-state index is 0.0669. The van der Waals surface area contributed by atoms with Gasteiger partial charge < -0.3 is 5.32 Å². The molecule has 0 fully saturated rings. The quantitative estimate of drug-likeness (QED) is 0.840. The third-order valence-corrected chi connectivity index (χ3v) is 4.94. The minimum atomic E-state index is -1.47. The van der Waals surface area contributed by atoms with Gasteiger partial charge in [0.2, 0.25) is 5.91 Å². The lowest BCUT2D eigenvalue weighted by molar-refractivity contribution is -0.119. The number of nitrogens with one attached hydrogen (secondary N) is 1. The molecular weight excluding hydrogens is 356 g/mol. The van der Waals surface area contributed by atoms with E-state index < -0.39 is 16.6 Å². The molecule has 0 radical (unpaired) electrons. The first-order valence-electron chi connectivity index (χ1n) is 7.19. The highest BCUT2D eigenvalue weighted by atomic mass is 35.5. The van der Waals surface area contributed by atoms with Gasteiger partial charge in [-0.3, -0.25) is 9.00 Å². The molecule has 0 spiro atoms. The lowest BCUT2D eigenvalue weighted by atomic mass is 10.1. The second-order valence-electron chi connectivity index (χ2n) is 5.30. The van der Waals surface area contributed by atoms with Gasteiger partial charge in [-0.2, -0.15) is 0 Å². The first-order chi connectivity index (χ1) is 11.3. The predicted molar refractivity (Wildman–Crippen MR) is 91.1 cm³/mol. The molecule has 0 bridgehead atoms. The van der Waals surface area contributed by atoms with Crippen molar-refractivity contribution < 1.29 is 17.8 Å². The molecule has 2 aromatic carbocycles. The van der Waals surface area contributed by atoms with E-state index >= 15 is 0 Å². The van der Waals surface area contributed by atoms with Gasteiger partial charge >= 0.3 is 0 Å². The van der Waals surface area contributed by atoms with Crippen LogP contribution < -0.4 is 5.32 Å². The fourth-order valence-corrected chi connectivity index (χ4v) is 3.52. The van der Waals surface area contributed by atoms with Crippen LogP contribution >= 0.6 is 11.6 Å². The Morgan fingerprint density at radius 1 is 1.17 bits per heavy atom. The first-order valence-corrected chi connectivity index (χ1v) is 9.05. The van der Waals surface area contributed by atoms with Crippen LogP contribution in [0.5, 0.6) is 0 Å². The summed E-state index contributed by atoms with van der Waals surface area (Å²) in [4.78, 5) is 12.0. The molecule has 3 nitrogen and oxygen atoms in total. The molecule has 2 aromatic rings. The third kappa shape index (κ3) is 5.39. The van der Waals surface area contributed by atoms with Crippen molar-refractivity contribution in [1.82, 2.24) is 5.32 Å². The Hall–Kier alpha value is -1.79. The van der Waals surface area contributed by atoms with Gasteiger partial charge in [0.15, 0.2) is 0 Å². The molecule has 0 aliphatic heterocycles. The van der Waals surface area contributed by atoms with Gasteiger partial charge in [0.05, 0.1) is 11.8 Å². The van der Waals surface area contributed by atoms with E-state index in [1.54, 1.807) is 19.1 Å². The molecule has 128 valence electrons. The summed E-state index contributed by atoms with van der Waals surface area (Å²) >= 11 is 5.88. The maximum atomic E-state index is 13.0. The van der Waals surface area contributed by atoms with E-state index in [2.05, 4.69) is 5.32 Å². The number of rotatable bonds is 6. The van der Waals surface area contributed by atoms with Crippen LogP contribution in [-0.2, 0) is 21.3 Å². The van der Waals surface area contributed by atoms with Crippen molar-refractivity contribution in [2.75, 3.05) is 5.75 Å². The smallest absolute Gasteiger partial charge is 0.233 e. The van der Waals surface area contributed by atoms with Crippen LogP contribution in [0.4, 0.5) is 8.78 Å². The zero-order valence-electron chi connectivity index (χ0n) is 12.9. The van der Waals surface area contributed by atoms with Crippen molar-refractivity contribution in [1.29, 1.82) is 0 Å². The van der Waals surface area contributed by atoms with Crippen molar-refractivity contribution in [3.05, 3.63) is 70.2 Å². The molecule has 7 heteroatoms. The van der Waals surface area contributed by atoms with E-state index in [1.165, 1.54) is 24.3 Å². The topological polar surface area (TPSA) is 46.2 Å². The zero-order chi connectivity index (χ0) is 17.7. The maximum absolute atomic E-state index is 13.0. The fraction of sp³-hybridized carbons (Fsp3) is 0.235. The van der Waals surface area contributed by atoms with Crippen molar-refractivity contribution in [3.63, 3.8) is 0 Å². The predicted octanol–water partition coefficient (Wildman–Crippen LogP) is 3.74. The summed E-state index contributed by atoms with van der Waals surface area (Å²) in [6.45, 7) is 1.75. The molecule has 2 rings (SSSR count). The summed E-state index contributed by atoms with van der Waals surface area (Å²) in [7, 11) is -1.47. The normalized spacial score (nSPS) is 13.3. The highest BCUT2D eigenvalue weighted by molar-refractivity contribution is 7.84. The Morgan fingerprint density at radius 2 is 1.79 bits per heavy atom. The van der Waals surface area contributed by atoms with Crippen molar-refractivity contribution >= 4 is 28.3 Å². The van der Waals surface area contributed by atoms with Crippen LogP contribution in [0.1, 0.15) is 24.1 Å². The molecule has 0 aliphatic rings. The molecule has 0 aromatic heterocycles. The van der Waals surface area contributed by atoms with E-state index in [9.17, 15) is 17.8 Å². The average Bonchev–Trinajstić information content (AvgIpc) is 2.50. The van der Waals surface area contributed by atoms with Crippen LogP contribution in [0.15, 0.2) is 42.5 Å². The Kier molecular flexibility index (Phi) is 6.45. The van der Waals surface area contributed by atoms with E-state index in [0.29, 0.717) is 5.56 Å². The average molecular weight is 372 g/mol. The molecule has 1 N–H and O–H groups in total. The van der Waals surface area contributed by atoms with Crippen LogP contribution in [0, 0.1) is 11.6 Å². The van der Waals surface area contributed by atoms with E-state index in [4.69, 9.17) is 11.6 Å². The van der Waals surface area contributed by atoms with E-state index in [1.807, 2.05) is 0 Å². The van der Waals surface area contributed by atoms with Crippen LogP contribution in [-0.4, -0.2) is 15.9 Å². The van der Waals surface area contributed by atoms with Gasteiger partial charge in [-0.25, -0.2) is 8.78 Å². The van der Waals surface area contributed by atoms with Crippen LogP contribution in [0.3, 0.4) is 0 Å². The molecule has 0 heterocycles. The largest absolute Gasteiger partial charge is 0.349 e. The minimum Gasteiger partial charge on any atom is -0.349 e. The van der Waals surface area contributed by atoms with Gasteiger partial charge in [-0.15, -0.1) is 0 Å².